The van der Waals surface area contributed by atoms with E-state index in [1.54, 1.807) is 14.1 Å². The van der Waals surface area contributed by atoms with Crippen molar-refractivity contribution in [1.29, 1.82) is 0 Å². The lowest BCUT2D eigenvalue weighted by Gasteiger charge is -2.24. The molecule has 0 aromatic heterocycles. The lowest BCUT2D eigenvalue weighted by molar-refractivity contribution is 0.0963. The minimum absolute atomic E-state index is 0. The molecule has 1 atom stereocenters. The Morgan fingerprint density at radius 2 is 2.24 bits per heavy atom. The van der Waals surface area contributed by atoms with E-state index in [0.29, 0.717) is 11.5 Å². The van der Waals surface area contributed by atoms with E-state index in [4.69, 9.17) is 4.74 Å². The Morgan fingerprint density at radius 1 is 1.44 bits per heavy atom. The molecule has 2 rings (SSSR count). The Kier molecular flexibility index (Phi) is 9.81. The number of halogens is 1. The van der Waals surface area contributed by atoms with Crippen LogP contribution in [-0.4, -0.2) is 64.2 Å². The van der Waals surface area contributed by atoms with E-state index in [-0.39, 0.29) is 29.9 Å². The van der Waals surface area contributed by atoms with Crippen molar-refractivity contribution < 1.29 is 9.53 Å². The van der Waals surface area contributed by atoms with Crippen LogP contribution in [0.1, 0.15) is 22.3 Å². The molecule has 0 saturated carbocycles. The number of carbonyl (C=O) groups excluding carboxylic acids is 1. The van der Waals surface area contributed by atoms with Crippen molar-refractivity contribution in [1.82, 2.24) is 15.5 Å². The fraction of sp³-hybridized carbons (Fsp3) is 0.556. The van der Waals surface area contributed by atoms with Crippen LogP contribution in [-0.2, 0) is 11.2 Å². The first-order valence-corrected chi connectivity index (χ1v) is 8.44. The maximum Gasteiger partial charge on any atom is 0.251 e. The van der Waals surface area contributed by atoms with Gasteiger partial charge in [-0.1, -0.05) is 12.1 Å². The van der Waals surface area contributed by atoms with Crippen molar-refractivity contribution in [3.63, 3.8) is 0 Å². The second kappa shape index (κ2) is 11.3. The summed E-state index contributed by atoms with van der Waals surface area (Å²) in [4.78, 5) is 18.2. The zero-order valence-electron chi connectivity index (χ0n) is 15.2. The van der Waals surface area contributed by atoms with E-state index in [9.17, 15) is 4.79 Å². The van der Waals surface area contributed by atoms with Crippen LogP contribution in [0.25, 0.3) is 0 Å². The van der Waals surface area contributed by atoms with Crippen LogP contribution in [0.3, 0.4) is 0 Å². The maximum atomic E-state index is 11.7. The highest BCUT2D eigenvalue weighted by molar-refractivity contribution is 14.0. The first-order valence-electron chi connectivity index (χ1n) is 8.44. The third-order valence-corrected chi connectivity index (χ3v) is 4.24. The Balaban J connectivity index is 0.00000312. The van der Waals surface area contributed by atoms with E-state index >= 15 is 0 Å². The summed E-state index contributed by atoms with van der Waals surface area (Å²) >= 11 is 0. The largest absolute Gasteiger partial charge is 0.381 e. The van der Waals surface area contributed by atoms with E-state index < -0.39 is 0 Å². The zero-order valence-corrected chi connectivity index (χ0v) is 17.6. The van der Waals surface area contributed by atoms with Crippen molar-refractivity contribution in [2.45, 2.75) is 12.8 Å². The molecule has 140 valence electrons. The van der Waals surface area contributed by atoms with Gasteiger partial charge in [0.05, 0.1) is 6.61 Å². The van der Waals surface area contributed by atoms with Gasteiger partial charge in [-0.05, 0) is 30.5 Å². The lowest BCUT2D eigenvalue weighted by Crippen LogP contribution is -2.42. The number of aliphatic imine (C=N–C) groups is 1. The van der Waals surface area contributed by atoms with Gasteiger partial charge in [0.2, 0.25) is 0 Å². The lowest BCUT2D eigenvalue weighted by atomic mass is 10.1. The van der Waals surface area contributed by atoms with Crippen LogP contribution in [0.5, 0.6) is 0 Å². The Labute approximate surface area is 167 Å². The number of rotatable bonds is 6. The molecular weight excluding hydrogens is 431 g/mol. The molecule has 1 fully saturated rings. The Bertz CT molecular complexity index is 574. The fourth-order valence-electron chi connectivity index (χ4n) is 2.92. The molecule has 0 aliphatic carbocycles. The number of benzene rings is 1. The van der Waals surface area contributed by atoms with Crippen LogP contribution < -0.4 is 10.6 Å². The Morgan fingerprint density at radius 3 is 2.88 bits per heavy atom. The van der Waals surface area contributed by atoms with Crippen LogP contribution in [0, 0.1) is 5.92 Å². The number of hydrogen-bond donors (Lipinski definition) is 2. The summed E-state index contributed by atoms with van der Waals surface area (Å²) in [6, 6.07) is 7.71. The molecule has 1 aromatic rings. The van der Waals surface area contributed by atoms with Crippen LogP contribution in [0.2, 0.25) is 0 Å². The molecule has 7 heteroatoms. The molecule has 0 bridgehead atoms. The molecule has 0 spiro atoms. The number of ether oxygens (including phenoxy) is 1. The summed E-state index contributed by atoms with van der Waals surface area (Å²) in [6.07, 6.45) is 1.96. The number of amides is 1. The van der Waals surface area contributed by atoms with Gasteiger partial charge in [0.1, 0.15) is 0 Å². The standard InChI is InChI=1S/C18H28N4O2.HI/c1-19-17(23)16-6-4-5-14(11-16)7-9-21-18(20-2)22(3)12-15-8-10-24-13-15;/h4-6,11,15H,7-10,12-13H2,1-3H3,(H,19,23)(H,20,21);1H. The van der Waals surface area contributed by atoms with E-state index in [0.717, 1.165) is 50.7 Å². The molecular formula is C18H29IN4O2. The van der Waals surface area contributed by atoms with Crippen molar-refractivity contribution in [2.75, 3.05) is 47.4 Å². The van der Waals surface area contributed by atoms with Crippen molar-refractivity contribution >= 4 is 35.8 Å². The van der Waals surface area contributed by atoms with Gasteiger partial charge in [0, 0.05) is 52.3 Å². The molecule has 1 heterocycles. The molecule has 2 N–H and O–H groups in total. The van der Waals surface area contributed by atoms with Crippen molar-refractivity contribution in [2.24, 2.45) is 10.9 Å². The van der Waals surface area contributed by atoms with Gasteiger partial charge in [-0.3, -0.25) is 9.79 Å². The van der Waals surface area contributed by atoms with Gasteiger partial charge < -0.3 is 20.3 Å². The van der Waals surface area contributed by atoms with E-state index in [1.165, 1.54) is 0 Å². The van der Waals surface area contributed by atoms with Gasteiger partial charge in [0.25, 0.3) is 5.91 Å². The topological polar surface area (TPSA) is 66.0 Å². The van der Waals surface area contributed by atoms with Gasteiger partial charge in [-0.2, -0.15) is 0 Å². The summed E-state index contributed by atoms with van der Waals surface area (Å²) in [5, 5.41) is 6.04. The Hall–Kier alpha value is -1.35. The van der Waals surface area contributed by atoms with E-state index in [2.05, 4.69) is 27.6 Å². The van der Waals surface area contributed by atoms with Crippen LogP contribution in [0.15, 0.2) is 29.3 Å². The highest BCUT2D eigenvalue weighted by Crippen LogP contribution is 2.13. The molecule has 0 radical (unpaired) electrons. The second-order valence-corrected chi connectivity index (χ2v) is 6.11. The summed E-state index contributed by atoms with van der Waals surface area (Å²) in [5.74, 6) is 1.42. The SMILES string of the molecule is CN=C(NCCc1cccc(C(=O)NC)c1)N(C)CC1CCOC1.I. The highest BCUT2D eigenvalue weighted by Gasteiger charge is 2.18. The molecule has 1 aliphatic heterocycles. The number of nitrogens with one attached hydrogen (secondary N) is 2. The predicted molar refractivity (Wildman–Crippen MR) is 112 cm³/mol. The third kappa shape index (κ3) is 6.81. The minimum Gasteiger partial charge on any atom is -0.381 e. The number of nitrogens with zero attached hydrogens (tertiary/aromatic N) is 2. The summed E-state index contributed by atoms with van der Waals surface area (Å²) in [5.41, 5.74) is 1.82. The molecule has 25 heavy (non-hydrogen) atoms. The fourth-order valence-corrected chi connectivity index (χ4v) is 2.92. The predicted octanol–water partition coefficient (Wildman–Crippen LogP) is 1.75. The van der Waals surface area contributed by atoms with Gasteiger partial charge in [-0.15, -0.1) is 24.0 Å². The highest BCUT2D eigenvalue weighted by atomic mass is 127. The van der Waals surface area contributed by atoms with Crippen LogP contribution >= 0.6 is 24.0 Å². The molecule has 1 saturated heterocycles. The smallest absolute Gasteiger partial charge is 0.251 e. The van der Waals surface area contributed by atoms with Gasteiger partial charge >= 0.3 is 0 Å². The quantitative estimate of drug-likeness (QED) is 0.386. The van der Waals surface area contributed by atoms with Gasteiger partial charge in [-0.25, -0.2) is 0 Å². The van der Waals surface area contributed by atoms with Gasteiger partial charge in [0.15, 0.2) is 5.96 Å². The molecule has 1 unspecified atom stereocenters. The third-order valence-electron chi connectivity index (χ3n) is 4.24. The molecule has 6 nitrogen and oxygen atoms in total. The first-order chi connectivity index (χ1) is 11.6. The van der Waals surface area contributed by atoms with Crippen molar-refractivity contribution in [3.05, 3.63) is 35.4 Å². The molecule has 1 amide bonds. The number of guanidine groups is 1. The van der Waals surface area contributed by atoms with E-state index in [1.807, 2.05) is 24.3 Å². The monoisotopic (exact) mass is 460 g/mol. The zero-order chi connectivity index (χ0) is 17.4. The average molecular weight is 460 g/mol. The van der Waals surface area contributed by atoms with Crippen molar-refractivity contribution in [3.8, 4) is 0 Å². The number of carbonyl (C=O) groups is 1. The van der Waals surface area contributed by atoms with Crippen LogP contribution in [0.4, 0.5) is 0 Å². The molecule has 1 aromatic carbocycles. The first kappa shape index (κ1) is 21.7. The minimum atomic E-state index is -0.0564. The molecule has 1 aliphatic rings. The summed E-state index contributed by atoms with van der Waals surface area (Å²) in [7, 11) is 5.50. The number of hydrogen-bond acceptors (Lipinski definition) is 3. The maximum absolute atomic E-state index is 11.7. The average Bonchev–Trinajstić information content (AvgIpc) is 3.11. The summed E-state index contributed by atoms with van der Waals surface area (Å²) in [6.45, 7) is 3.43. The second-order valence-electron chi connectivity index (χ2n) is 6.11. The summed E-state index contributed by atoms with van der Waals surface area (Å²) < 4.78 is 5.43. The normalized spacial score (nSPS) is 16.9.